The van der Waals surface area contributed by atoms with Crippen LogP contribution in [0, 0.1) is 11.3 Å². The van der Waals surface area contributed by atoms with E-state index >= 15 is 0 Å². The second-order valence-corrected chi connectivity index (χ2v) is 4.43. The molecular weight excluding hydrogens is 258 g/mol. The van der Waals surface area contributed by atoms with Crippen molar-refractivity contribution >= 4 is 11.9 Å². The predicted molar refractivity (Wildman–Crippen MR) is 75.0 cm³/mol. The largest absolute Gasteiger partial charge is 0.509 e. The quantitative estimate of drug-likeness (QED) is 0.348. The van der Waals surface area contributed by atoms with Gasteiger partial charge in [-0.2, -0.15) is 5.26 Å². The van der Waals surface area contributed by atoms with E-state index in [0.29, 0.717) is 6.42 Å². The number of nitriles is 1. The second kappa shape index (κ2) is 12.2. The van der Waals surface area contributed by atoms with Crippen LogP contribution in [0.25, 0.3) is 0 Å². The van der Waals surface area contributed by atoms with Crippen LogP contribution in [-0.2, 0) is 14.3 Å². The minimum atomic E-state index is -0.897. The van der Waals surface area contributed by atoms with Crippen molar-refractivity contribution in [1.29, 1.82) is 5.26 Å². The van der Waals surface area contributed by atoms with Gasteiger partial charge in [0.25, 0.3) is 0 Å². The fraction of sp³-hybridized carbons (Fsp3) is 0.667. The number of hydrogen-bond donors (Lipinski definition) is 0. The van der Waals surface area contributed by atoms with Crippen LogP contribution in [0.4, 0.5) is 4.79 Å². The molecule has 0 amide bonds. The normalized spacial score (nSPS) is 11.8. The number of allylic oxidation sites excluding steroid dienone is 1. The molecule has 112 valence electrons. The number of nitrogens with zero attached hydrogens (tertiary/aromatic N) is 1. The molecule has 0 fully saturated rings. The first kappa shape index (κ1) is 18.2. The Bertz CT molecular complexity index is 357. The van der Waals surface area contributed by atoms with Gasteiger partial charge in [-0.3, -0.25) is 0 Å². The lowest BCUT2D eigenvalue weighted by atomic mass is 10.1. The number of Topliss-reactive ketones (excluding diaryl/α,β-unsaturated/α-hetero) is 1. The van der Waals surface area contributed by atoms with Gasteiger partial charge in [0, 0.05) is 6.42 Å². The van der Waals surface area contributed by atoms with Gasteiger partial charge in [0.2, 0.25) is 6.10 Å². The summed E-state index contributed by atoms with van der Waals surface area (Å²) in [5.41, 5.74) is 0. The van der Waals surface area contributed by atoms with E-state index in [2.05, 4.69) is 4.74 Å². The van der Waals surface area contributed by atoms with E-state index < -0.39 is 12.3 Å². The fourth-order valence-corrected chi connectivity index (χ4v) is 1.57. The molecule has 1 atom stereocenters. The molecule has 0 aliphatic heterocycles. The van der Waals surface area contributed by atoms with Gasteiger partial charge < -0.3 is 14.3 Å². The molecule has 0 saturated heterocycles. The first-order valence-corrected chi connectivity index (χ1v) is 6.99. The second-order valence-electron chi connectivity index (χ2n) is 4.43. The lowest BCUT2D eigenvalue weighted by Gasteiger charge is -2.06. The molecule has 0 aromatic rings. The molecule has 0 aromatic carbocycles. The molecule has 0 unspecified atom stereocenters. The van der Waals surface area contributed by atoms with Crippen molar-refractivity contribution in [2.24, 2.45) is 0 Å². The van der Waals surface area contributed by atoms with Crippen molar-refractivity contribution in [2.75, 3.05) is 6.61 Å². The smallest absolute Gasteiger partial charge is 0.435 e. The van der Waals surface area contributed by atoms with E-state index in [1.165, 1.54) is 0 Å². The number of rotatable bonds is 10. The highest BCUT2D eigenvalue weighted by molar-refractivity contribution is 5.75. The molecule has 0 saturated carbocycles. The number of ether oxygens (including phenoxy) is 2. The molecule has 5 nitrogen and oxygen atoms in total. The van der Waals surface area contributed by atoms with E-state index in [9.17, 15) is 9.59 Å². The molecule has 0 heterocycles. The van der Waals surface area contributed by atoms with Crippen LogP contribution in [0.2, 0.25) is 0 Å². The topological polar surface area (TPSA) is 76.4 Å². The number of carbonyl (C=O) groups is 2. The average Bonchev–Trinajstić information content (AvgIpc) is 2.40. The van der Waals surface area contributed by atoms with Crippen LogP contribution >= 0.6 is 0 Å². The van der Waals surface area contributed by atoms with Crippen molar-refractivity contribution in [2.45, 2.75) is 58.5 Å². The highest BCUT2D eigenvalue weighted by atomic mass is 16.7. The third-order valence-electron chi connectivity index (χ3n) is 2.57. The molecule has 20 heavy (non-hydrogen) atoms. The van der Waals surface area contributed by atoms with Gasteiger partial charge in [0.05, 0.1) is 6.61 Å². The molecule has 0 spiro atoms. The Labute approximate surface area is 120 Å². The van der Waals surface area contributed by atoms with Gasteiger partial charge in [-0.1, -0.05) is 18.9 Å². The summed E-state index contributed by atoms with van der Waals surface area (Å²) in [4.78, 5) is 21.7. The van der Waals surface area contributed by atoms with Crippen molar-refractivity contribution in [1.82, 2.24) is 0 Å². The van der Waals surface area contributed by atoms with Gasteiger partial charge in [0.15, 0.2) is 0 Å². The Morgan fingerprint density at radius 2 is 1.95 bits per heavy atom. The standard InChI is InChI=1S/C15H23NO4/c1-3-19-15(18)20-14(12-16)11-9-7-5-4-6-8-10-13(2)17/h9,11,14H,3-8,10H2,1-2H3/b11-9+/t14-/m0/s1. The summed E-state index contributed by atoms with van der Waals surface area (Å²) in [6, 6.07) is 1.87. The van der Waals surface area contributed by atoms with Crippen molar-refractivity contribution < 1.29 is 19.1 Å². The minimum absolute atomic E-state index is 0.223. The van der Waals surface area contributed by atoms with E-state index in [4.69, 9.17) is 10.00 Å². The Kier molecular flexibility index (Phi) is 11.1. The summed E-state index contributed by atoms with van der Waals surface area (Å²) in [5.74, 6) is 0.234. The van der Waals surface area contributed by atoms with E-state index in [1.807, 2.05) is 12.1 Å². The Hall–Kier alpha value is -1.83. The van der Waals surface area contributed by atoms with Gasteiger partial charge in [0.1, 0.15) is 11.9 Å². The zero-order valence-corrected chi connectivity index (χ0v) is 12.3. The van der Waals surface area contributed by atoms with Crippen LogP contribution in [-0.4, -0.2) is 24.6 Å². The molecule has 0 aliphatic carbocycles. The molecule has 0 aromatic heterocycles. The molecule has 0 radical (unpaired) electrons. The van der Waals surface area contributed by atoms with Crippen LogP contribution in [0.5, 0.6) is 0 Å². The maximum atomic E-state index is 11.0. The Balaban J connectivity index is 3.68. The molecule has 0 bridgehead atoms. The summed E-state index contributed by atoms with van der Waals surface area (Å²) in [7, 11) is 0. The maximum Gasteiger partial charge on any atom is 0.509 e. The van der Waals surface area contributed by atoms with Gasteiger partial charge in [-0.25, -0.2) is 4.79 Å². The number of unbranched alkanes of at least 4 members (excludes halogenated alkanes) is 4. The van der Waals surface area contributed by atoms with Crippen molar-refractivity contribution in [3.8, 4) is 6.07 Å². The van der Waals surface area contributed by atoms with Crippen LogP contribution in [0.15, 0.2) is 12.2 Å². The predicted octanol–water partition coefficient (Wildman–Crippen LogP) is 3.54. The Morgan fingerprint density at radius 3 is 2.55 bits per heavy atom. The van der Waals surface area contributed by atoms with Crippen LogP contribution in [0.1, 0.15) is 52.4 Å². The molecular formula is C15H23NO4. The highest BCUT2D eigenvalue weighted by Crippen LogP contribution is 2.07. The molecule has 5 heteroatoms. The summed E-state index contributed by atoms with van der Waals surface area (Å²) in [5, 5.41) is 8.80. The average molecular weight is 281 g/mol. The number of carbonyl (C=O) groups excluding carboxylic acids is 2. The fourth-order valence-electron chi connectivity index (χ4n) is 1.57. The lowest BCUT2D eigenvalue weighted by Crippen LogP contribution is -2.15. The summed E-state index contributed by atoms with van der Waals surface area (Å²) >= 11 is 0. The van der Waals surface area contributed by atoms with Crippen molar-refractivity contribution in [3.63, 3.8) is 0 Å². The SMILES string of the molecule is CCOC(=O)O[C@H](C#N)/C=C/CCCCCCC(C)=O. The maximum absolute atomic E-state index is 11.0. The summed E-state index contributed by atoms with van der Waals surface area (Å²) in [6.45, 7) is 3.50. The van der Waals surface area contributed by atoms with E-state index in [1.54, 1.807) is 19.9 Å². The minimum Gasteiger partial charge on any atom is -0.435 e. The van der Waals surface area contributed by atoms with Gasteiger partial charge in [-0.15, -0.1) is 0 Å². The van der Waals surface area contributed by atoms with Gasteiger partial charge >= 0.3 is 6.16 Å². The third-order valence-corrected chi connectivity index (χ3v) is 2.57. The van der Waals surface area contributed by atoms with Crippen LogP contribution < -0.4 is 0 Å². The molecule has 0 N–H and O–H groups in total. The van der Waals surface area contributed by atoms with Crippen LogP contribution in [0.3, 0.4) is 0 Å². The lowest BCUT2D eigenvalue weighted by molar-refractivity contribution is -0.117. The monoisotopic (exact) mass is 281 g/mol. The van der Waals surface area contributed by atoms with Crippen molar-refractivity contribution in [3.05, 3.63) is 12.2 Å². The number of ketones is 1. The third kappa shape index (κ3) is 11.3. The summed E-state index contributed by atoms with van der Waals surface area (Å²) < 4.78 is 9.36. The summed E-state index contributed by atoms with van der Waals surface area (Å²) in [6.07, 6.45) is 7.16. The zero-order valence-electron chi connectivity index (χ0n) is 12.3. The molecule has 0 rings (SSSR count). The number of hydrogen-bond acceptors (Lipinski definition) is 5. The first-order chi connectivity index (χ1) is 9.60. The highest BCUT2D eigenvalue weighted by Gasteiger charge is 2.10. The molecule has 0 aliphatic rings. The Morgan fingerprint density at radius 1 is 1.25 bits per heavy atom. The zero-order chi connectivity index (χ0) is 15.2. The van der Waals surface area contributed by atoms with E-state index in [-0.39, 0.29) is 12.4 Å². The van der Waals surface area contributed by atoms with E-state index in [0.717, 1.165) is 32.1 Å². The van der Waals surface area contributed by atoms with Gasteiger partial charge in [-0.05, 0) is 39.2 Å². The first-order valence-electron chi connectivity index (χ1n) is 6.99.